The summed E-state index contributed by atoms with van der Waals surface area (Å²) in [5.41, 5.74) is 5.11. The quantitative estimate of drug-likeness (QED) is 0.519. The Labute approximate surface area is 168 Å². The highest BCUT2D eigenvalue weighted by atomic mass is 16.5. The molecule has 0 aliphatic carbocycles. The minimum Gasteiger partial charge on any atom is -0.493 e. The second kappa shape index (κ2) is 7.81. The molecule has 29 heavy (non-hydrogen) atoms. The molecule has 0 radical (unpaired) electrons. The molecule has 4 aromatic rings. The molecule has 7 nitrogen and oxygen atoms in total. The third-order valence-electron chi connectivity index (χ3n) is 4.78. The van der Waals surface area contributed by atoms with Gasteiger partial charge in [-0.15, -0.1) is 0 Å². The molecule has 7 heteroatoms. The number of anilines is 2. The number of fused-ring (bicyclic) bond motifs is 1. The van der Waals surface area contributed by atoms with Gasteiger partial charge in [0.25, 0.3) is 0 Å². The number of nitrogens with one attached hydrogen (secondary N) is 1. The lowest BCUT2D eigenvalue weighted by atomic mass is 10.0. The number of aromatic nitrogens is 3. The molecule has 0 unspecified atom stereocenters. The lowest BCUT2D eigenvalue weighted by Crippen LogP contribution is -2.00. The molecule has 0 atom stereocenters. The fourth-order valence-electron chi connectivity index (χ4n) is 3.42. The molecule has 0 aliphatic heterocycles. The van der Waals surface area contributed by atoms with Crippen LogP contribution in [0.4, 0.5) is 11.5 Å². The highest BCUT2D eigenvalue weighted by Crippen LogP contribution is 2.35. The molecular weight excluding hydrogens is 368 g/mol. The summed E-state index contributed by atoms with van der Waals surface area (Å²) >= 11 is 0. The third-order valence-corrected chi connectivity index (χ3v) is 4.78. The van der Waals surface area contributed by atoms with Crippen LogP contribution >= 0.6 is 0 Å². The van der Waals surface area contributed by atoms with Crippen molar-refractivity contribution < 1.29 is 14.6 Å². The molecule has 0 saturated carbocycles. The van der Waals surface area contributed by atoms with Crippen molar-refractivity contribution in [2.75, 3.05) is 19.5 Å². The van der Waals surface area contributed by atoms with Crippen LogP contribution in [0.25, 0.3) is 16.8 Å². The molecule has 2 heterocycles. The van der Waals surface area contributed by atoms with Crippen molar-refractivity contribution in [3.05, 3.63) is 66.0 Å². The van der Waals surface area contributed by atoms with Crippen LogP contribution < -0.4 is 14.8 Å². The Bertz CT molecular complexity index is 1170. The molecule has 2 aromatic heterocycles. The molecule has 0 amide bonds. The van der Waals surface area contributed by atoms with E-state index in [2.05, 4.69) is 10.4 Å². The highest BCUT2D eigenvalue weighted by Gasteiger charge is 2.13. The SMILES string of the molecule is COc1cc(Nc2ccn3ncc(-c4ccccc4CO)c3n2)cc(C)c1OC. The maximum Gasteiger partial charge on any atom is 0.165 e. The molecule has 0 bridgehead atoms. The van der Waals surface area contributed by atoms with E-state index in [4.69, 9.17) is 14.5 Å². The van der Waals surface area contributed by atoms with Gasteiger partial charge in [0.2, 0.25) is 0 Å². The standard InChI is InChI=1S/C22H22N4O3/c1-14-10-16(11-19(28-2)21(14)29-3)24-20-8-9-26-22(25-20)18(12-23-26)17-7-5-4-6-15(17)13-27/h4-12,27H,13H2,1-3H3,(H,24,25). The van der Waals surface area contributed by atoms with Gasteiger partial charge in [0.1, 0.15) is 5.82 Å². The van der Waals surface area contributed by atoms with Gasteiger partial charge in [0.15, 0.2) is 17.1 Å². The van der Waals surface area contributed by atoms with E-state index in [1.54, 1.807) is 24.9 Å². The minimum atomic E-state index is -0.0453. The van der Waals surface area contributed by atoms with E-state index >= 15 is 0 Å². The van der Waals surface area contributed by atoms with Crippen molar-refractivity contribution in [3.8, 4) is 22.6 Å². The molecule has 0 fully saturated rings. The number of methoxy groups -OCH3 is 2. The number of aryl methyl sites for hydroxylation is 1. The summed E-state index contributed by atoms with van der Waals surface area (Å²) in [6.45, 7) is 1.92. The maximum atomic E-state index is 9.67. The van der Waals surface area contributed by atoms with Crippen LogP contribution in [0.3, 0.4) is 0 Å². The number of benzene rings is 2. The number of nitrogens with zero attached hydrogens (tertiary/aromatic N) is 3. The summed E-state index contributed by atoms with van der Waals surface area (Å²) in [5, 5.41) is 17.4. The van der Waals surface area contributed by atoms with Gasteiger partial charge < -0.3 is 19.9 Å². The Morgan fingerprint density at radius 2 is 1.90 bits per heavy atom. The highest BCUT2D eigenvalue weighted by molar-refractivity contribution is 5.80. The van der Waals surface area contributed by atoms with E-state index in [1.807, 2.05) is 55.6 Å². The number of hydrogen-bond donors (Lipinski definition) is 2. The molecule has 4 rings (SSSR count). The van der Waals surface area contributed by atoms with E-state index in [1.165, 1.54) is 0 Å². The van der Waals surface area contributed by atoms with Gasteiger partial charge in [-0.25, -0.2) is 9.50 Å². The summed E-state index contributed by atoms with van der Waals surface area (Å²) in [5.74, 6) is 2.03. The normalized spacial score (nSPS) is 10.9. The van der Waals surface area contributed by atoms with Crippen LogP contribution in [0.2, 0.25) is 0 Å². The summed E-state index contributed by atoms with van der Waals surface area (Å²) in [7, 11) is 3.24. The van der Waals surface area contributed by atoms with Crippen LogP contribution in [0, 0.1) is 6.92 Å². The monoisotopic (exact) mass is 390 g/mol. The second-order valence-electron chi connectivity index (χ2n) is 6.61. The number of ether oxygens (including phenoxy) is 2. The maximum absolute atomic E-state index is 9.67. The Balaban J connectivity index is 1.74. The molecular formula is C22H22N4O3. The number of hydrogen-bond acceptors (Lipinski definition) is 6. The summed E-state index contributed by atoms with van der Waals surface area (Å²) < 4.78 is 12.6. The molecule has 0 spiro atoms. The molecule has 2 N–H and O–H groups in total. The Hall–Kier alpha value is -3.58. The van der Waals surface area contributed by atoms with Crippen molar-refractivity contribution >= 4 is 17.2 Å². The van der Waals surface area contributed by atoms with Crippen molar-refractivity contribution in [2.45, 2.75) is 13.5 Å². The van der Waals surface area contributed by atoms with E-state index < -0.39 is 0 Å². The van der Waals surface area contributed by atoms with Crippen molar-refractivity contribution in [1.82, 2.24) is 14.6 Å². The first kappa shape index (κ1) is 18.8. The van der Waals surface area contributed by atoms with Crippen LogP contribution in [0.15, 0.2) is 54.9 Å². The Kier molecular flexibility index (Phi) is 5.05. The molecule has 0 saturated heterocycles. The van der Waals surface area contributed by atoms with Gasteiger partial charge in [-0.2, -0.15) is 5.10 Å². The van der Waals surface area contributed by atoms with E-state index in [-0.39, 0.29) is 6.61 Å². The molecule has 148 valence electrons. The van der Waals surface area contributed by atoms with Crippen molar-refractivity contribution in [2.24, 2.45) is 0 Å². The van der Waals surface area contributed by atoms with Crippen LogP contribution in [-0.4, -0.2) is 33.9 Å². The number of aliphatic hydroxyl groups is 1. The fourth-order valence-corrected chi connectivity index (χ4v) is 3.42. The first-order chi connectivity index (χ1) is 14.1. The smallest absolute Gasteiger partial charge is 0.165 e. The fraction of sp³-hybridized carbons (Fsp3) is 0.182. The van der Waals surface area contributed by atoms with Crippen LogP contribution in [-0.2, 0) is 6.61 Å². The van der Waals surface area contributed by atoms with Crippen LogP contribution in [0.1, 0.15) is 11.1 Å². The second-order valence-corrected chi connectivity index (χ2v) is 6.61. The average Bonchev–Trinajstić information content (AvgIpc) is 3.16. The summed E-state index contributed by atoms with van der Waals surface area (Å²) in [4.78, 5) is 4.75. The van der Waals surface area contributed by atoms with E-state index in [0.717, 1.165) is 27.9 Å². The lowest BCUT2D eigenvalue weighted by Gasteiger charge is -2.14. The zero-order valence-electron chi connectivity index (χ0n) is 16.5. The first-order valence-corrected chi connectivity index (χ1v) is 9.17. The largest absolute Gasteiger partial charge is 0.493 e. The summed E-state index contributed by atoms with van der Waals surface area (Å²) in [6.07, 6.45) is 3.62. The van der Waals surface area contributed by atoms with Crippen LogP contribution in [0.5, 0.6) is 11.5 Å². The topological polar surface area (TPSA) is 80.9 Å². The number of aliphatic hydroxyl groups excluding tert-OH is 1. The lowest BCUT2D eigenvalue weighted by molar-refractivity contribution is 0.282. The van der Waals surface area contributed by atoms with Gasteiger partial charge in [-0.1, -0.05) is 24.3 Å². The average molecular weight is 390 g/mol. The molecule has 2 aromatic carbocycles. The van der Waals surface area contributed by atoms with E-state index in [9.17, 15) is 5.11 Å². The van der Waals surface area contributed by atoms with Gasteiger partial charge in [0, 0.05) is 23.5 Å². The van der Waals surface area contributed by atoms with Gasteiger partial charge in [0.05, 0.1) is 27.0 Å². The zero-order valence-corrected chi connectivity index (χ0v) is 16.5. The predicted octanol–water partition coefficient (Wildman–Crippen LogP) is 3.96. The predicted molar refractivity (Wildman–Crippen MR) is 112 cm³/mol. The number of rotatable bonds is 6. The van der Waals surface area contributed by atoms with Gasteiger partial charge in [-0.3, -0.25) is 0 Å². The summed E-state index contributed by atoms with van der Waals surface area (Å²) in [6, 6.07) is 13.4. The molecule has 0 aliphatic rings. The third kappa shape index (κ3) is 3.48. The Morgan fingerprint density at radius 1 is 1.07 bits per heavy atom. The van der Waals surface area contributed by atoms with Gasteiger partial charge in [-0.05, 0) is 35.7 Å². The van der Waals surface area contributed by atoms with Crippen molar-refractivity contribution in [3.63, 3.8) is 0 Å². The van der Waals surface area contributed by atoms with Gasteiger partial charge >= 0.3 is 0 Å². The first-order valence-electron chi connectivity index (χ1n) is 9.17. The minimum absolute atomic E-state index is 0.0453. The Morgan fingerprint density at radius 3 is 2.66 bits per heavy atom. The van der Waals surface area contributed by atoms with Crippen molar-refractivity contribution in [1.29, 1.82) is 0 Å². The van der Waals surface area contributed by atoms with E-state index in [0.29, 0.717) is 23.0 Å². The zero-order chi connectivity index (χ0) is 20.4.